The van der Waals surface area contributed by atoms with Crippen LogP contribution in [-0.2, 0) is 11.3 Å². The van der Waals surface area contributed by atoms with E-state index in [0.717, 1.165) is 11.3 Å². The van der Waals surface area contributed by atoms with E-state index >= 15 is 0 Å². The van der Waals surface area contributed by atoms with Crippen molar-refractivity contribution in [2.75, 3.05) is 5.32 Å². The maximum Gasteiger partial charge on any atom is 0.253 e. The molecule has 16 heavy (non-hydrogen) atoms. The second-order valence-electron chi connectivity index (χ2n) is 3.55. The minimum absolute atomic E-state index is 0.105. The average molecular weight is 215 g/mol. The molecule has 4 heteroatoms. The van der Waals surface area contributed by atoms with E-state index in [-0.39, 0.29) is 5.91 Å². The van der Waals surface area contributed by atoms with Crippen molar-refractivity contribution in [3.63, 3.8) is 0 Å². The molecule has 1 heterocycles. The molecule has 0 aliphatic carbocycles. The van der Waals surface area contributed by atoms with Gasteiger partial charge in [0.15, 0.2) is 0 Å². The third-order valence-electron chi connectivity index (χ3n) is 2.36. The standard InChI is InChI=1S/C12H13N3O/c13-7-9-2-1-3-11(6-9)15-12(16)10-4-5-14-8-10/h1-3,5-6,8H,4,7,13H2,(H,15,16). The highest BCUT2D eigenvalue weighted by atomic mass is 16.1. The molecule has 0 saturated heterocycles. The van der Waals surface area contributed by atoms with Gasteiger partial charge < -0.3 is 11.1 Å². The Balaban J connectivity index is 2.06. The molecule has 4 nitrogen and oxygen atoms in total. The molecule has 0 atom stereocenters. The minimum atomic E-state index is -0.105. The number of nitrogens with two attached hydrogens (primary N) is 1. The van der Waals surface area contributed by atoms with Crippen LogP contribution in [0.2, 0.25) is 0 Å². The zero-order chi connectivity index (χ0) is 11.4. The van der Waals surface area contributed by atoms with Crippen molar-refractivity contribution in [2.45, 2.75) is 13.0 Å². The molecule has 0 fully saturated rings. The number of benzene rings is 1. The number of hydrogen-bond acceptors (Lipinski definition) is 3. The first kappa shape index (κ1) is 10.6. The summed E-state index contributed by atoms with van der Waals surface area (Å²) in [5.74, 6) is -0.105. The Kier molecular flexibility index (Phi) is 3.12. The van der Waals surface area contributed by atoms with Crippen molar-refractivity contribution in [1.29, 1.82) is 0 Å². The van der Waals surface area contributed by atoms with Crippen LogP contribution in [0.3, 0.4) is 0 Å². The predicted molar refractivity (Wildman–Crippen MR) is 64.2 cm³/mol. The fourth-order valence-corrected chi connectivity index (χ4v) is 1.49. The molecule has 1 aromatic carbocycles. The SMILES string of the molecule is NCc1cccc(NC(=O)C2=CN=CC2)c1. The maximum atomic E-state index is 11.7. The molecule has 0 saturated carbocycles. The number of carbonyl (C=O) groups is 1. The molecule has 1 aromatic rings. The summed E-state index contributed by atoms with van der Waals surface area (Å²) in [7, 11) is 0. The first-order valence-corrected chi connectivity index (χ1v) is 5.10. The minimum Gasteiger partial charge on any atom is -0.326 e. The second-order valence-corrected chi connectivity index (χ2v) is 3.55. The first-order valence-electron chi connectivity index (χ1n) is 5.10. The molecular formula is C12H13N3O. The van der Waals surface area contributed by atoms with Gasteiger partial charge in [-0.05, 0) is 17.7 Å². The topological polar surface area (TPSA) is 67.5 Å². The van der Waals surface area contributed by atoms with Gasteiger partial charge in [0.2, 0.25) is 0 Å². The predicted octanol–water partition coefficient (Wildman–Crippen LogP) is 1.44. The van der Waals surface area contributed by atoms with Crippen LogP contribution in [0.1, 0.15) is 12.0 Å². The zero-order valence-electron chi connectivity index (χ0n) is 8.81. The molecule has 3 N–H and O–H groups in total. The van der Waals surface area contributed by atoms with Crippen molar-refractivity contribution in [3.8, 4) is 0 Å². The van der Waals surface area contributed by atoms with Crippen molar-refractivity contribution in [3.05, 3.63) is 41.6 Å². The molecule has 1 aliphatic rings. The maximum absolute atomic E-state index is 11.7. The highest BCUT2D eigenvalue weighted by Gasteiger charge is 2.11. The fraction of sp³-hybridized carbons (Fsp3) is 0.167. The second kappa shape index (κ2) is 4.72. The molecule has 0 spiro atoms. The van der Waals surface area contributed by atoms with Gasteiger partial charge in [-0.1, -0.05) is 12.1 Å². The summed E-state index contributed by atoms with van der Waals surface area (Å²) in [6.07, 6.45) is 3.90. The van der Waals surface area contributed by atoms with Crippen LogP contribution < -0.4 is 11.1 Å². The highest BCUT2D eigenvalue weighted by molar-refractivity contribution is 6.06. The number of rotatable bonds is 3. The lowest BCUT2D eigenvalue weighted by molar-refractivity contribution is -0.112. The fourth-order valence-electron chi connectivity index (χ4n) is 1.49. The number of anilines is 1. The smallest absolute Gasteiger partial charge is 0.253 e. The summed E-state index contributed by atoms with van der Waals surface area (Å²) in [5, 5.41) is 2.82. The lowest BCUT2D eigenvalue weighted by atomic mass is 10.2. The number of nitrogens with one attached hydrogen (secondary N) is 1. The van der Waals surface area contributed by atoms with Gasteiger partial charge in [0.05, 0.1) is 0 Å². The lowest BCUT2D eigenvalue weighted by Gasteiger charge is -2.06. The van der Waals surface area contributed by atoms with Gasteiger partial charge >= 0.3 is 0 Å². The van der Waals surface area contributed by atoms with Crippen molar-refractivity contribution >= 4 is 17.8 Å². The number of hydrogen-bond donors (Lipinski definition) is 2. The Hall–Kier alpha value is -1.94. The van der Waals surface area contributed by atoms with Crippen molar-refractivity contribution in [2.24, 2.45) is 10.7 Å². The van der Waals surface area contributed by atoms with Gasteiger partial charge in [-0.25, -0.2) is 0 Å². The van der Waals surface area contributed by atoms with E-state index in [2.05, 4.69) is 10.3 Å². The van der Waals surface area contributed by atoms with Gasteiger partial charge in [-0.2, -0.15) is 0 Å². The summed E-state index contributed by atoms with van der Waals surface area (Å²) in [6.45, 7) is 0.468. The summed E-state index contributed by atoms with van der Waals surface area (Å²) >= 11 is 0. The third kappa shape index (κ3) is 2.35. The summed E-state index contributed by atoms with van der Waals surface area (Å²) in [6, 6.07) is 7.51. The van der Waals surface area contributed by atoms with Crippen LogP contribution in [0.4, 0.5) is 5.69 Å². The van der Waals surface area contributed by atoms with E-state index in [1.807, 2.05) is 24.3 Å². The summed E-state index contributed by atoms with van der Waals surface area (Å²) < 4.78 is 0. The number of carbonyl (C=O) groups excluding carboxylic acids is 1. The monoisotopic (exact) mass is 215 g/mol. The Bertz CT molecular complexity index is 463. The van der Waals surface area contributed by atoms with Gasteiger partial charge in [0.1, 0.15) is 0 Å². The van der Waals surface area contributed by atoms with E-state index in [9.17, 15) is 4.79 Å². The summed E-state index contributed by atoms with van der Waals surface area (Å²) in [4.78, 5) is 15.6. The molecule has 1 aliphatic heterocycles. The first-order chi connectivity index (χ1) is 7.79. The molecule has 2 rings (SSSR count). The van der Waals surface area contributed by atoms with Gasteiger partial charge in [0.25, 0.3) is 5.91 Å². The summed E-state index contributed by atoms with van der Waals surface area (Å²) in [5.41, 5.74) is 7.97. The van der Waals surface area contributed by atoms with E-state index in [0.29, 0.717) is 18.5 Å². The lowest BCUT2D eigenvalue weighted by Crippen LogP contribution is -2.13. The van der Waals surface area contributed by atoms with Gasteiger partial charge in [-0.15, -0.1) is 0 Å². The van der Waals surface area contributed by atoms with Crippen molar-refractivity contribution < 1.29 is 4.79 Å². The van der Waals surface area contributed by atoms with Crippen LogP contribution >= 0.6 is 0 Å². The van der Waals surface area contributed by atoms with E-state index in [1.54, 1.807) is 12.4 Å². The Morgan fingerprint density at radius 2 is 2.38 bits per heavy atom. The zero-order valence-corrected chi connectivity index (χ0v) is 8.81. The average Bonchev–Trinajstić information content (AvgIpc) is 2.83. The molecule has 0 bridgehead atoms. The van der Waals surface area contributed by atoms with Gasteiger partial charge in [-0.3, -0.25) is 9.79 Å². The molecule has 0 unspecified atom stereocenters. The molecular weight excluding hydrogens is 202 g/mol. The van der Waals surface area contributed by atoms with Crippen LogP contribution in [0.5, 0.6) is 0 Å². The van der Waals surface area contributed by atoms with Crippen molar-refractivity contribution in [1.82, 2.24) is 0 Å². The van der Waals surface area contributed by atoms with E-state index in [4.69, 9.17) is 5.73 Å². The number of aliphatic imine (C=N–C) groups is 1. The Morgan fingerprint density at radius 1 is 1.50 bits per heavy atom. The number of amides is 1. The number of nitrogens with zero attached hydrogens (tertiary/aromatic N) is 1. The van der Waals surface area contributed by atoms with Crippen LogP contribution in [0.15, 0.2) is 41.0 Å². The normalized spacial score (nSPS) is 13.7. The quantitative estimate of drug-likeness (QED) is 0.801. The Labute approximate surface area is 93.9 Å². The van der Waals surface area contributed by atoms with Crippen LogP contribution in [0.25, 0.3) is 0 Å². The Morgan fingerprint density at radius 3 is 3.06 bits per heavy atom. The van der Waals surface area contributed by atoms with Gasteiger partial charge in [0, 0.05) is 36.6 Å². The molecule has 82 valence electrons. The highest BCUT2D eigenvalue weighted by Crippen LogP contribution is 2.13. The van der Waals surface area contributed by atoms with E-state index in [1.165, 1.54) is 0 Å². The third-order valence-corrected chi connectivity index (χ3v) is 2.36. The van der Waals surface area contributed by atoms with E-state index < -0.39 is 0 Å². The largest absolute Gasteiger partial charge is 0.326 e. The molecule has 0 radical (unpaired) electrons. The molecule has 1 amide bonds. The van der Waals surface area contributed by atoms with Crippen LogP contribution in [-0.4, -0.2) is 12.1 Å². The molecule has 0 aromatic heterocycles. The van der Waals surface area contributed by atoms with Crippen LogP contribution in [0, 0.1) is 0 Å².